The molecule has 5 nitrogen and oxygen atoms in total. The third kappa shape index (κ3) is 3.73. The molecule has 0 unspecified atom stereocenters. The van der Waals surface area contributed by atoms with E-state index in [0.717, 1.165) is 14.0 Å². The van der Waals surface area contributed by atoms with E-state index in [-0.39, 0.29) is 11.9 Å². The summed E-state index contributed by atoms with van der Waals surface area (Å²) in [6.45, 7) is 0. The molecule has 7 heteroatoms. The molecule has 2 aromatic carbocycles. The van der Waals surface area contributed by atoms with Crippen LogP contribution in [0.2, 0.25) is 0 Å². The molecule has 0 fully saturated rings. The minimum Gasteiger partial charge on any atom is -0.403 e. The predicted molar refractivity (Wildman–Crippen MR) is 98.6 cm³/mol. The zero-order valence-corrected chi connectivity index (χ0v) is 15.1. The van der Waals surface area contributed by atoms with Gasteiger partial charge in [0.2, 0.25) is 5.89 Å². The van der Waals surface area contributed by atoms with Gasteiger partial charge in [-0.05, 0) is 59.2 Å². The van der Waals surface area contributed by atoms with E-state index in [1.807, 2.05) is 48.7 Å². The Bertz CT molecular complexity index is 851. The van der Waals surface area contributed by atoms with Crippen LogP contribution in [0.4, 0.5) is 6.01 Å². The van der Waals surface area contributed by atoms with Crippen molar-refractivity contribution in [2.24, 2.45) is 0 Å². The van der Waals surface area contributed by atoms with Gasteiger partial charge in [-0.15, -0.1) is 16.9 Å². The summed E-state index contributed by atoms with van der Waals surface area (Å²) >= 11 is 3.74. The number of nitrogens with zero attached hydrogens (tertiary/aromatic N) is 2. The largest absolute Gasteiger partial charge is 0.403 e. The summed E-state index contributed by atoms with van der Waals surface area (Å²) in [6, 6.07) is 15.2. The number of benzene rings is 2. The minimum atomic E-state index is -0.275. The molecule has 0 atom stereocenters. The molecule has 0 saturated carbocycles. The van der Waals surface area contributed by atoms with Crippen molar-refractivity contribution in [2.45, 2.75) is 4.90 Å². The normalized spacial score (nSPS) is 10.5. The lowest BCUT2D eigenvalue weighted by atomic mass is 10.2. The fourth-order valence-corrected chi connectivity index (χ4v) is 3.05. The molecule has 116 valence electrons. The zero-order valence-electron chi connectivity index (χ0n) is 12.1. The first-order chi connectivity index (χ1) is 11.2. The summed E-state index contributed by atoms with van der Waals surface area (Å²) in [5.41, 5.74) is 1.39. The maximum absolute atomic E-state index is 12.2. The van der Waals surface area contributed by atoms with Crippen molar-refractivity contribution < 1.29 is 9.21 Å². The van der Waals surface area contributed by atoms with Gasteiger partial charge in [0.15, 0.2) is 0 Å². The molecule has 0 spiro atoms. The van der Waals surface area contributed by atoms with Gasteiger partial charge < -0.3 is 4.42 Å². The topological polar surface area (TPSA) is 68.0 Å². The second-order valence-electron chi connectivity index (χ2n) is 4.58. The number of hydrogen-bond donors (Lipinski definition) is 1. The summed E-state index contributed by atoms with van der Waals surface area (Å²) in [6.07, 6.45) is 2.00. The molecular weight excluding hydrogens is 425 g/mol. The molecular formula is C16H12IN3O2S. The molecule has 0 radical (unpaired) electrons. The zero-order chi connectivity index (χ0) is 16.2. The lowest BCUT2D eigenvalue weighted by Gasteiger charge is -2.02. The SMILES string of the molecule is CSc1cccc(-c2nnc(NC(=O)c3ccccc3I)o2)c1. The Kier molecular flexibility index (Phi) is 4.97. The van der Waals surface area contributed by atoms with Gasteiger partial charge in [0.05, 0.1) is 5.56 Å². The maximum atomic E-state index is 12.2. The molecule has 0 bridgehead atoms. The predicted octanol–water partition coefficient (Wildman–Crippen LogP) is 4.32. The average Bonchev–Trinajstić information content (AvgIpc) is 3.03. The van der Waals surface area contributed by atoms with Gasteiger partial charge >= 0.3 is 6.01 Å². The van der Waals surface area contributed by atoms with E-state index >= 15 is 0 Å². The van der Waals surface area contributed by atoms with Gasteiger partial charge in [0.25, 0.3) is 5.91 Å². The second kappa shape index (κ2) is 7.14. The molecule has 1 amide bonds. The highest BCUT2D eigenvalue weighted by Gasteiger charge is 2.14. The molecule has 0 saturated heterocycles. The molecule has 23 heavy (non-hydrogen) atoms. The van der Waals surface area contributed by atoms with Crippen LogP contribution in [0.15, 0.2) is 57.8 Å². The number of hydrogen-bond acceptors (Lipinski definition) is 5. The van der Waals surface area contributed by atoms with Gasteiger partial charge in [-0.3, -0.25) is 10.1 Å². The Balaban J connectivity index is 1.79. The van der Waals surface area contributed by atoms with Crippen molar-refractivity contribution in [3.8, 4) is 11.5 Å². The molecule has 1 heterocycles. The quantitative estimate of drug-likeness (QED) is 0.487. The molecule has 1 N–H and O–H groups in total. The Morgan fingerprint density at radius 3 is 2.78 bits per heavy atom. The Morgan fingerprint density at radius 1 is 1.17 bits per heavy atom. The van der Waals surface area contributed by atoms with E-state index in [4.69, 9.17) is 4.42 Å². The highest BCUT2D eigenvalue weighted by atomic mass is 127. The average molecular weight is 437 g/mol. The lowest BCUT2D eigenvalue weighted by molar-refractivity contribution is 0.102. The third-order valence-corrected chi connectivity index (χ3v) is 4.75. The van der Waals surface area contributed by atoms with Crippen LogP contribution in [0.3, 0.4) is 0 Å². The number of nitrogens with one attached hydrogen (secondary N) is 1. The monoisotopic (exact) mass is 437 g/mol. The van der Waals surface area contributed by atoms with Gasteiger partial charge in [-0.2, -0.15) is 0 Å². The fraction of sp³-hybridized carbons (Fsp3) is 0.0625. The summed E-state index contributed by atoms with van der Waals surface area (Å²) in [5, 5.41) is 10.5. The van der Waals surface area contributed by atoms with E-state index in [1.54, 1.807) is 17.8 Å². The van der Waals surface area contributed by atoms with Crippen molar-refractivity contribution in [1.29, 1.82) is 0 Å². The Hall–Kier alpha value is -1.87. The van der Waals surface area contributed by atoms with Crippen molar-refractivity contribution in [3.63, 3.8) is 0 Å². The third-order valence-electron chi connectivity index (χ3n) is 3.08. The van der Waals surface area contributed by atoms with Crippen LogP contribution >= 0.6 is 34.4 Å². The number of halogens is 1. The fourth-order valence-electron chi connectivity index (χ4n) is 1.96. The van der Waals surface area contributed by atoms with Crippen molar-refractivity contribution in [1.82, 2.24) is 10.2 Å². The molecule has 0 aliphatic heterocycles. The van der Waals surface area contributed by atoms with Gasteiger partial charge in [0, 0.05) is 14.0 Å². The van der Waals surface area contributed by atoms with E-state index in [2.05, 4.69) is 38.1 Å². The summed E-state index contributed by atoms with van der Waals surface area (Å²) in [5.74, 6) is 0.0991. The Labute approximate surface area is 151 Å². The molecule has 3 aromatic rings. The number of rotatable bonds is 4. The smallest absolute Gasteiger partial charge is 0.322 e. The maximum Gasteiger partial charge on any atom is 0.322 e. The first-order valence-corrected chi connectivity index (χ1v) is 9.01. The highest BCUT2D eigenvalue weighted by molar-refractivity contribution is 14.1. The van der Waals surface area contributed by atoms with Crippen molar-refractivity contribution in [3.05, 3.63) is 57.7 Å². The standard InChI is InChI=1S/C16H12IN3O2S/c1-23-11-6-4-5-10(9-11)15-19-20-16(22-15)18-14(21)12-7-2-3-8-13(12)17/h2-9H,1H3,(H,18,20,21). The van der Waals surface area contributed by atoms with E-state index in [9.17, 15) is 4.79 Å². The Morgan fingerprint density at radius 2 is 2.00 bits per heavy atom. The van der Waals surface area contributed by atoms with E-state index in [0.29, 0.717) is 11.5 Å². The molecule has 0 aliphatic carbocycles. The number of anilines is 1. The summed E-state index contributed by atoms with van der Waals surface area (Å²) < 4.78 is 6.39. The number of thioether (sulfide) groups is 1. The van der Waals surface area contributed by atoms with Crippen molar-refractivity contribution in [2.75, 3.05) is 11.6 Å². The number of carbonyl (C=O) groups is 1. The van der Waals surface area contributed by atoms with Gasteiger partial charge in [0.1, 0.15) is 0 Å². The van der Waals surface area contributed by atoms with E-state index < -0.39 is 0 Å². The molecule has 1 aromatic heterocycles. The van der Waals surface area contributed by atoms with Crippen LogP contribution in [0.5, 0.6) is 0 Å². The summed E-state index contributed by atoms with van der Waals surface area (Å²) in [7, 11) is 0. The van der Waals surface area contributed by atoms with Crippen LogP contribution in [0.1, 0.15) is 10.4 Å². The first kappa shape index (κ1) is 16.0. The van der Waals surface area contributed by atoms with Crippen molar-refractivity contribution >= 4 is 46.3 Å². The van der Waals surface area contributed by atoms with Crippen LogP contribution in [-0.4, -0.2) is 22.4 Å². The number of carbonyl (C=O) groups excluding carboxylic acids is 1. The van der Waals surface area contributed by atoms with Crippen LogP contribution < -0.4 is 5.32 Å². The van der Waals surface area contributed by atoms with Gasteiger partial charge in [-0.1, -0.05) is 23.3 Å². The minimum absolute atomic E-state index is 0.0826. The molecule has 0 aliphatic rings. The van der Waals surface area contributed by atoms with Crippen LogP contribution in [-0.2, 0) is 0 Å². The van der Waals surface area contributed by atoms with Crippen LogP contribution in [0.25, 0.3) is 11.5 Å². The van der Waals surface area contributed by atoms with E-state index in [1.165, 1.54) is 0 Å². The second-order valence-corrected chi connectivity index (χ2v) is 6.62. The summed E-state index contributed by atoms with van der Waals surface area (Å²) in [4.78, 5) is 13.3. The first-order valence-electron chi connectivity index (χ1n) is 6.71. The molecule has 3 rings (SSSR count). The number of aromatic nitrogens is 2. The highest BCUT2D eigenvalue weighted by Crippen LogP contribution is 2.24. The lowest BCUT2D eigenvalue weighted by Crippen LogP contribution is -2.13. The number of amides is 1. The van der Waals surface area contributed by atoms with Crippen LogP contribution in [0, 0.1) is 3.57 Å². The van der Waals surface area contributed by atoms with Gasteiger partial charge in [-0.25, -0.2) is 0 Å².